The molecule has 1 aliphatic heterocycles. The molecule has 1 aliphatic rings. The lowest BCUT2D eigenvalue weighted by Crippen LogP contribution is -2.59. The van der Waals surface area contributed by atoms with Gasteiger partial charge in [0.1, 0.15) is 0 Å². The molecule has 1 unspecified atom stereocenters. The number of nitrogens with zero attached hydrogens (tertiary/aromatic N) is 2. The van der Waals surface area contributed by atoms with Crippen molar-refractivity contribution in [3.8, 4) is 0 Å². The summed E-state index contributed by atoms with van der Waals surface area (Å²) in [5, 5.41) is 10.5. The fourth-order valence-corrected chi connectivity index (χ4v) is 2.90. The first-order valence-electron chi connectivity index (χ1n) is 8.17. The number of carbonyl (C=O) groups is 1. The second-order valence-electron chi connectivity index (χ2n) is 7.18. The van der Waals surface area contributed by atoms with Crippen LogP contribution >= 0.6 is 0 Å². The van der Waals surface area contributed by atoms with E-state index in [2.05, 4.69) is 0 Å². The molecule has 0 bridgehead atoms. The molecule has 1 saturated heterocycles. The van der Waals surface area contributed by atoms with Crippen LogP contribution in [0, 0.1) is 0 Å². The summed E-state index contributed by atoms with van der Waals surface area (Å²) >= 11 is 0. The van der Waals surface area contributed by atoms with Crippen molar-refractivity contribution in [3.63, 3.8) is 0 Å². The lowest BCUT2D eigenvalue weighted by molar-refractivity contribution is -0.321. The van der Waals surface area contributed by atoms with E-state index in [9.17, 15) is 9.90 Å². The molecule has 5 nitrogen and oxygen atoms in total. The van der Waals surface area contributed by atoms with Crippen LogP contribution < -0.4 is 0 Å². The molecule has 1 atom stereocenters. The van der Waals surface area contributed by atoms with Crippen molar-refractivity contribution >= 4 is 5.91 Å². The highest BCUT2D eigenvalue weighted by Crippen LogP contribution is 2.23. The van der Waals surface area contributed by atoms with E-state index in [-0.39, 0.29) is 5.91 Å². The zero-order valence-electron chi connectivity index (χ0n) is 14.6. The standard InChI is InChI=1S/C18H28N2O3/c1-17(2,3)23-18(4,22)20-12-10-19(11-13-20)16(21)14-15-8-6-5-7-9-15/h5-9,22H,10-14H2,1-4H3. The number of piperazine rings is 1. The van der Waals surface area contributed by atoms with Crippen LogP contribution in [0.2, 0.25) is 0 Å². The van der Waals surface area contributed by atoms with E-state index in [0.29, 0.717) is 32.6 Å². The molecule has 5 heteroatoms. The third-order valence-electron chi connectivity index (χ3n) is 3.92. The van der Waals surface area contributed by atoms with Gasteiger partial charge in [-0.05, 0) is 26.3 Å². The smallest absolute Gasteiger partial charge is 0.227 e. The van der Waals surface area contributed by atoms with Crippen molar-refractivity contribution in [2.24, 2.45) is 0 Å². The Hall–Kier alpha value is -1.43. The Labute approximate surface area is 138 Å². The third kappa shape index (κ3) is 5.30. The summed E-state index contributed by atoms with van der Waals surface area (Å²) in [7, 11) is 0. The van der Waals surface area contributed by atoms with Crippen LogP contribution in [0.1, 0.15) is 33.3 Å². The number of ether oxygens (including phenoxy) is 1. The van der Waals surface area contributed by atoms with Crippen LogP contribution in [0.4, 0.5) is 0 Å². The quantitative estimate of drug-likeness (QED) is 0.860. The minimum absolute atomic E-state index is 0.132. The molecule has 0 aromatic heterocycles. The number of hydrogen-bond donors (Lipinski definition) is 1. The first-order valence-corrected chi connectivity index (χ1v) is 8.17. The minimum Gasteiger partial charge on any atom is -0.353 e. The van der Waals surface area contributed by atoms with Gasteiger partial charge in [0, 0.05) is 33.1 Å². The van der Waals surface area contributed by atoms with E-state index < -0.39 is 11.5 Å². The summed E-state index contributed by atoms with van der Waals surface area (Å²) in [4.78, 5) is 16.1. The second kappa shape index (κ2) is 6.99. The summed E-state index contributed by atoms with van der Waals surface area (Å²) in [6.45, 7) is 9.83. The van der Waals surface area contributed by atoms with Gasteiger partial charge in [-0.25, -0.2) is 4.90 Å². The first kappa shape index (κ1) is 17.9. The Bertz CT molecular complexity index is 515. The number of benzene rings is 1. The topological polar surface area (TPSA) is 53.0 Å². The second-order valence-corrected chi connectivity index (χ2v) is 7.18. The summed E-state index contributed by atoms with van der Waals surface area (Å²) < 4.78 is 5.73. The number of amides is 1. The minimum atomic E-state index is -1.31. The van der Waals surface area contributed by atoms with Crippen molar-refractivity contribution in [1.82, 2.24) is 9.80 Å². The summed E-state index contributed by atoms with van der Waals surface area (Å²) in [5.74, 6) is -1.18. The molecule has 0 saturated carbocycles. The van der Waals surface area contributed by atoms with Crippen LogP contribution in [0.15, 0.2) is 30.3 Å². The highest BCUT2D eigenvalue weighted by Gasteiger charge is 2.37. The van der Waals surface area contributed by atoms with E-state index >= 15 is 0 Å². The molecule has 2 rings (SSSR count). The van der Waals surface area contributed by atoms with Crippen LogP contribution in [0.25, 0.3) is 0 Å². The Balaban J connectivity index is 1.87. The van der Waals surface area contributed by atoms with Gasteiger partial charge in [0.25, 0.3) is 0 Å². The third-order valence-corrected chi connectivity index (χ3v) is 3.92. The van der Waals surface area contributed by atoms with Crippen LogP contribution in [-0.2, 0) is 16.0 Å². The van der Waals surface area contributed by atoms with Crippen molar-refractivity contribution in [2.75, 3.05) is 26.2 Å². The summed E-state index contributed by atoms with van der Waals surface area (Å²) in [6, 6.07) is 9.78. The largest absolute Gasteiger partial charge is 0.353 e. The molecule has 1 amide bonds. The lowest BCUT2D eigenvalue weighted by atomic mass is 10.1. The van der Waals surface area contributed by atoms with Crippen molar-refractivity contribution in [1.29, 1.82) is 0 Å². The molecule has 0 spiro atoms. The van der Waals surface area contributed by atoms with Crippen molar-refractivity contribution in [2.45, 2.75) is 45.6 Å². The molecule has 23 heavy (non-hydrogen) atoms. The van der Waals surface area contributed by atoms with Crippen LogP contribution in [0.3, 0.4) is 0 Å². The number of hydrogen-bond acceptors (Lipinski definition) is 4. The van der Waals surface area contributed by atoms with Gasteiger partial charge in [0.05, 0.1) is 12.0 Å². The van der Waals surface area contributed by atoms with Gasteiger partial charge in [-0.3, -0.25) is 4.79 Å². The molecular weight excluding hydrogens is 292 g/mol. The zero-order valence-corrected chi connectivity index (χ0v) is 14.6. The number of aliphatic hydroxyl groups is 1. The van der Waals surface area contributed by atoms with Crippen LogP contribution in [0.5, 0.6) is 0 Å². The molecule has 1 heterocycles. The van der Waals surface area contributed by atoms with Gasteiger partial charge >= 0.3 is 0 Å². The van der Waals surface area contributed by atoms with E-state index in [1.165, 1.54) is 0 Å². The zero-order chi connectivity index (χ0) is 17.1. The summed E-state index contributed by atoms with van der Waals surface area (Å²) in [5.41, 5.74) is 0.604. The van der Waals surface area contributed by atoms with E-state index in [1.54, 1.807) is 6.92 Å². The average molecular weight is 320 g/mol. The Kier molecular flexibility index (Phi) is 5.45. The maximum absolute atomic E-state index is 12.4. The van der Waals surface area contributed by atoms with E-state index in [1.807, 2.05) is 60.9 Å². The average Bonchev–Trinajstić information content (AvgIpc) is 2.46. The van der Waals surface area contributed by atoms with Crippen molar-refractivity contribution in [3.05, 3.63) is 35.9 Å². The molecule has 1 aromatic carbocycles. The van der Waals surface area contributed by atoms with Gasteiger partial charge in [-0.2, -0.15) is 0 Å². The fraction of sp³-hybridized carbons (Fsp3) is 0.611. The lowest BCUT2D eigenvalue weighted by Gasteiger charge is -2.44. The maximum atomic E-state index is 12.4. The highest BCUT2D eigenvalue weighted by atomic mass is 16.7. The Morgan fingerprint density at radius 3 is 2.17 bits per heavy atom. The fourth-order valence-electron chi connectivity index (χ4n) is 2.90. The molecule has 1 aromatic rings. The monoisotopic (exact) mass is 320 g/mol. The first-order chi connectivity index (χ1) is 10.7. The molecule has 0 radical (unpaired) electrons. The molecule has 0 aliphatic carbocycles. The van der Waals surface area contributed by atoms with E-state index in [4.69, 9.17) is 4.74 Å². The Morgan fingerprint density at radius 1 is 1.09 bits per heavy atom. The van der Waals surface area contributed by atoms with Gasteiger partial charge in [-0.15, -0.1) is 0 Å². The predicted molar refractivity (Wildman–Crippen MR) is 89.8 cm³/mol. The predicted octanol–water partition coefficient (Wildman–Crippen LogP) is 1.85. The molecular formula is C18H28N2O3. The van der Waals surface area contributed by atoms with Gasteiger partial charge in [0.2, 0.25) is 11.8 Å². The summed E-state index contributed by atoms with van der Waals surface area (Å²) in [6.07, 6.45) is 0.426. The van der Waals surface area contributed by atoms with Gasteiger partial charge < -0.3 is 14.7 Å². The molecule has 1 fully saturated rings. The van der Waals surface area contributed by atoms with Crippen LogP contribution in [-0.4, -0.2) is 58.5 Å². The number of rotatable bonds is 4. The van der Waals surface area contributed by atoms with Crippen molar-refractivity contribution < 1.29 is 14.6 Å². The van der Waals surface area contributed by atoms with E-state index in [0.717, 1.165) is 5.56 Å². The van der Waals surface area contributed by atoms with Gasteiger partial charge in [0.15, 0.2) is 0 Å². The maximum Gasteiger partial charge on any atom is 0.227 e. The SMILES string of the molecule is CC(C)(C)OC(C)(O)N1CCN(C(=O)Cc2ccccc2)CC1. The molecule has 1 N–H and O–H groups in total. The number of carbonyl (C=O) groups excluding carboxylic acids is 1. The molecule has 128 valence electrons. The normalized spacial score (nSPS) is 19.4. The highest BCUT2D eigenvalue weighted by molar-refractivity contribution is 5.78. The van der Waals surface area contributed by atoms with Gasteiger partial charge in [-0.1, -0.05) is 30.3 Å². The Morgan fingerprint density at radius 2 is 1.65 bits per heavy atom.